The standard InChI is InChI=1S/C19H25P/c1-6-7-20(18-10-14(2)8-15(3)11-18)19-12-16(4)9-17(5)13-19/h8-13H,6-7H2,1-5H3. The van der Waals surface area contributed by atoms with E-state index >= 15 is 0 Å². The molecule has 0 spiro atoms. The SMILES string of the molecule is CCCP(c1cc(C)cc(C)c1)c1cc(C)cc(C)c1. The molecule has 0 heterocycles. The molecule has 0 aliphatic rings. The van der Waals surface area contributed by atoms with Crippen LogP contribution in [0.15, 0.2) is 36.4 Å². The van der Waals surface area contributed by atoms with Crippen LogP contribution in [0.2, 0.25) is 0 Å². The smallest absolute Gasteiger partial charge is 0.0190 e. The summed E-state index contributed by atoms with van der Waals surface area (Å²) < 4.78 is 0. The lowest BCUT2D eigenvalue weighted by molar-refractivity contribution is 1.10. The fourth-order valence-electron chi connectivity index (χ4n) is 2.84. The van der Waals surface area contributed by atoms with E-state index < -0.39 is 0 Å². The molecule has 0 unspecified atom stereocenters. The van der Waals surface area contributed by atoms with Gasteiger partial charge in [0.05, 0.1) is 0 Å². The van der Waals surface area contributed by atoms with Crippen LogP contribution in [0.1, 0.15) is 35.6 Å². The van der Waals surface area contributed by atoms with Gasteiger partial charge in [0.2, 0.25) is 0 Å². The van der Waals surface area contributed by atoms with Gasteiger partial charge in [-0.25, -0.2) is 0 Å². The van der Waals surface area contributed by atoms with E-state index in [1.165, 1.54) is 45.4 Å². The Hall–Kier alpha value is -1.13. The van der Waals surface area contributed by atoms with Crippen LogP contribution < -0.4 is 10.6 Å². The summed E-state index contributed by atoms with van der Waals surface area (Å²) in [5, 5.41) is 3.06. The van der Waals surface area contributed by atoms with Crippen molar-refractivity contribution < 1.29 is 0 Å². The Kier molecular flexibility index (Phi) is 5.00. The van der Waals surface area contributed by atoms with Gasteiger partial charge in [-0.1, -0.05) is 72.0 Å². The monoisotopic (exact) mass is 284 g/mol. The van der Waals surface area contributed by atoms with Crippen molar-refractivity contribution in [2.24, 2.45) is 0 Å². The van der Waals surface area contributed by atoms with Gasteiger partial charge < -0.3 is 0 Å². The summed E-state index contributed by atoms with van der Waals surface area (Å²) in [6.45, 7) is 11.1. The largest absolute Gasteiger partial charge is 0.0650 e. The summed E-state index contributed by atoms with van der Waals surface area (Å²) in [7, 11) is -0.216. The Morgan fingerprint density at radius 3 is 1.30 bits per heavy atom. The van der Waals surface area contributed by atoms with Gasteiger partial charge in [-0.2, -0.15) is 0 Å². The first kappa shape index (κ1) is 15.3. The van der Waals surface area contributed by atoms with Gasteiger partial charge in [0.1, 0.15) is 0 Å². The molecule has 20 heavy (non-hydrogen) atoms. The molecule has 106 valence electrons. The number of rotatable bonds is 4. The predicted octanol–water partition coefficient (Wildman–Crippen LogP) is 4.76. The number of hydrogen-bond donors (Lipinski definition) is 0. The molecule has 0 aliphatic carbocycles. The second-order valence-corrected chi connectivity index (χ2v) is 8.18. The Morgan fingerprint density at radius 1 is 0.650 bits per heavy atom. The Labute approximate surface area is 125 Å². The van der Waals surface area contributed by atoms with Crippen LogP contribution in [0, 0.1) is 27.7 Å². The first-order chi connectivity index (χ1) is 9.49. The third-order valence-electron chi connectivity index (χ3n) is 3.48. The molecular formula is C19H25P. The molecule has 2 aromatic rings. The zero-order chi connectivity index (χ0) is 14.7. The Bertz CT molecular complexity index is 507. The molecule has 0 atom stereocenters. The highest BCUT2D eigenvalue weighted by Gasteiger charge is 2.14. The molecular weight excluding hydrogens is 259 g/mol. The van der Waals surface area contributed by atoms with Gasteiger partial charge >= 0.3 is 0 Å². The second-order valence-electron chi connectivity index (χ2n) is 5.84. The molecule has 0 saturated heterocycles. The zero-order valence-corrected chi connectivity index (χ0v) is 14.2. The van der Waals surface area contributed by atoms with Crippen molar-refractivity contribution in [2.75, 3.05) is 6.16 Å². The van der Waals surface area contributed by atoms with E-state index in [9.17, 15) is 0 Å². The molecule has 0 aromatic heterocycles. The number of benzene rings is 2. The molecule has 0 amide bonds. The van der Waals surface area contributed by atoms with Crippen LogP contribution in [0.25, 0.3) is 0 Å². The topological polar surface area (TPSA) is 0 Å². The van der Waals surface area contributed by atoms with Gasteiger partial charge in [-0.05, 0) is 52.4 Å². The number of hydrogen-bond acceptors (Lipinski definition) is 0. The molecule has 0 bridgehead atoms. The van der Waals surface area contributed by atoms with Crippen LogP contribution in [0.3, 0.4) is 0 Å². The molecule has 0 fully saturated rings. The molecule has 0 saturated carbocycles. The van der Waals surface area contributed by atoms with Gasteiger partial charge in [-0.3, -0.25) is 0 Å². The minimum Gasteiger partial charge on any atom is -0.0650 e. The van der Waals surface area contributed by atoms with Crippen LogP contribution in [0.5, 0.6) is 0 Å². The van der Waals surface area contributed by atoms with E-state index in [1.807, 2.05) is 0 Å². The lowest BCUT2D eigenvalue weighted by Gasteiger charge is -2.20. The van der Waals surface area contributed by atoms with Crippen LogP contribution in [-0.2, 0) is 0 Å². The minimum absolute atomic E-state index is 0.216. The maximum absolute atomic E-state index is 2.38. The third-order valence-corrected chi connectivity index (χ3v) is 6.14. The quantitative estimate of drug-likeness (QED) is 0.710. The summed E-state index contributed by atoms with van der Waals surface area (Å²) in [5.74, 6) is 0. The lowest BCUT2D eigenvalue weighted by Crippen LogP contribution is -2.15. The number of aryl methyl sites for hydroxylation is 4. The van der Waals surface area contributed by atoms with Gasteiger partial charge in [0.15, 0.2) is 0 Å². The molecule has 2 aromatic carbocycles. The molecule has 2 rings (SSSR count). The van der Waals surface area contributed by atoms with E-state index in [0.29, 0.717) is 0 Å². The van der Waals surface area contributed by atoms with Crippen molar-refractivity contribution in [1.82, 2.24) is 0 Å². The van der Waals surface area contributed by atoms with Crippen LogP contribution in [0.4, 0.5) is 0 Å². The van der Waals surface area contributed by atoms with Crippen molar-refractivity contribution in [3.8, 4) is 0 Å². The summed E-state index contributed by atoms with van der Waals surface area (Å²) in [6, 6.07) is 14.1. The zero-order valence-electron chi connectivity index (χ0n) is 13.3. The first-order valence-corrected chi connectivity index (χ1v) is 8.96. The first-order valence-electron chi connectivity index (χ1n) is 7.43. The highest BCUT2D eigenvalue weighted by molar-refractivity contribution is 7.73. The van der Waals surface area contributed by atoms with E-state index in [4.69, 9.17) is 0 Å². The molecule has 0 nitrogen and oxygen atoms in total. The van der Waals surface area contributed by atoms with E-state index in [-0.39, 0.29) is 7.92 Å². The maximum Gasteiger partial charge on any atom is -0.0190 e. The highest BCUT2D eigenvalue weighted by atomic mass is 31.1. The minimum atomic E-state index is -0.216. The third kappa shape index (κ3) is 3.70. The molecule has 0 aliphatic heterocycles. The van der Waals surface area contributed by atoms with E-state index in [1.54, 1.807) is 0 Å². The summed E-state index contributed by atoms with van der Waals surface area (Å²) in [5.41, 5.74) is 5.53. The second kappa shape index (κ2) is 6.55. The summed E-state index contributed by atoms with van der Waals surface area (Å²) in [6.07, 6.45) is 2.52. The van der Waals surface area contributed by atoms with Gasteiger partial charge in [0.25, 0.3) is 0 Å². The fraction of sp³-hybridized carbons (Fsp3) is 0.368. The normalized spacial score (nSPS) is 11.1. The average molecular weight is 284 g/mol. The van der Waals surface area contributed by atoms with Gasteiger partial charge in [0, 0.05) is 0 Å². The van der Waals surface area contributed by atoms with Crippen molar-refractivity contribution in [3.05, 3.63) is 58.7 Å². The average Bonchev–Trinajstić information content (AvgIpc) is 2.33. The van der Waals surface area contributed by atoms with E-state index in [2.05, 4.69) is 71.0 Å². The van der Waals surface area contributed by atoms with Crippen molar-refractivity contribution in [1.29, 1.82) is 0 Å². The van der Waals surface area contributed by atoms with Crippen molar-refractivity contribution in [2.45, 2.75) is 41.0 Å². The maximum atomic E-state index is 2.38. The summed E-state index contributed by atoms with van der Waals surface area (Å²) >= 11 is 0. The predicted molar refractivity (Wildman–Crippen MR) is 93.2 cm³/mol. The molecule has 1 heteroatoms. The summed E-state index contributed by atoms with van der Waals surface area (Å²) in [4.78, 5) is 0. The van der Waals surface area contributed by atoms with Crippen molar-refractivity contribution >= 4 is 18.5 Å². The highest BCUT2D eigenvalue weighted by Crippen LogP contribution is 2.35. The van der Waals surface area contributed by atoms with Gasteiger partial charge in [-0.15, -0.1) is 0 Å². The fourth-order valence-corrected chi connectivity index (χ4v) is 5.54. The Morgan fingerprint density at radius 2 is 1.00 bits per heavy atom. The van der Waals surface area contributed by atoms with Crippen LogP contribution in [-0.4, -0.2) is 6.16 Å². The Balaban J connectivity index is 2.49. The van der Waals surface area contributed by atoms with Crippen LogP contribution >= 0.6 is 7.92 Å². The molecule has 0 radical (unpaired) electrons. The van der Waals surface area contributed by atoms with Crippen molar-refractivity contribution in [3.63, 3.8) is 0 Å². The van der Waals surface area contributed by atoms with E-state index in [0.717, 1.165) is 0 Å². The lowest BCUT2D eigenvalue weighted by atomic mass is 10.2. The molecule has 0 N–H and O–H groups in total.